The molecule has 0 aliphatic heterocycles. The Hall–Kier alpha value is -2.62. The molecule has 0 fully saturated rings. The van der Waals surface area contributed by atoms with E-state index in [2.05, 4.69) is 30.9 Å². The van der Waals surface area contributed by atoms with Gasteiger partial charge in [0.15, 0.2) is 11.3 Å². The fourth-order valence-electron chi connectivity index (χ4n) is 1.57. The molecule has 102 valence electrons. The zero-order valence-corrected chi connectivity index (χ0v) is 10.9. The maximum Gasteiger partial charge on any atom is 0.355 e. The fourth-order valence-corrected chi connectivity index (χ4v) is 2.34. The Kier molecular flexibility index (Phi) is 3.21. The summed E-state index contributed by atoms with van der Waals surface area (Å²) in [6.45, 7) is 0.590. The van der Waals surface area contributed by atoms with Crippen LogP contribution in [-0.4, -0.2) is 47.9 Å². The van der Waals surface area contributed by atoms with Crippen LogP contribution >= 0.6 is 11.3 Å². The van der Waals surface area contributed by atoms with E-state index in [9.17, 15) is 4.79 Å². The van der Waals surface area contributed by atoms with E-state index < -0.39 is 5.97 Å². The number of tetrazole rings is 1. The highest BCUT2D eigenvalue weighted by Crippen LogP contribution is 2.11. The number of nitrogens with one attached hydrogen (secondary N) is 1. The Balaban J connectivity index is 1.59. The molecule has 0 amide bonds. The Morgan fingerprint density at radius 1 is 1.45 bits per heavy atom. The van der Waals surface area contributed by atoms with Crippen LogP contribution in [0.1, 0.15) is 15.5 Å². The van der Waals surface area contributed by atoms with Crippen molar-refractivity contribution in [2.24, 2.45) is 0 Å². The van der Waals surface area contributed by atoms with E-state index in [1.807, 2.05) is 0 Å². The molecule has 0 spiro atoms. The summed E-state index contributed by atoms with van der Waals surface area (Å²) in [7, 11) is 0. The standard InChI is InChI=1S/C10H9N7O2S/c18-10(19)6-5-20-9(12-6)3-4-11-7-1-2-8-13-15-16-17(8)14-7/h1-2,5H,3-4H2,(H,11,14)(H,18,19). The van der Waals surface area contributed by atoms with Crippen molar-refractivity contribution in [1.29, 1.82) is 0 Å². The molecule has 0 bridgehead atoms. The Morgan fingerprint density at radius 3 is 3.15 bits per heavy atom. The summed E-state index contributed by atoms with van der Waals surface area (Å²) in [5.74, 6) is -0.369. The summed E-state index contributed by atoms with van der Waals surface area (Å²) in [5, 5.41) is 29.3. The first-order chi connectivity index (χ1) is 9.72. The normalized spacial score (nSPS) is 10.8. The molecule has 3 aromatic rings. The van der Waals surface area contributed by atoms with Gasteiger partial charge in [0.1, 0.15) is 5.82 Å². The fraction of sp³-hybridized carbons (Fsp3) is 0.200. The lowest BCUT2D eigenvalue weighted by atomic mass is 10.4. The molecular formula is C10H9N7O2S. The van der Waals surface area contributed by atoms with Gasteiger partial charge in [-0.05, 0) is 22.6 Å². The molecule has 0 aliphatic rings. The van der Waals surface area contributed by atoms with Gasteiger partial charge in [-0.25, -0.2) is 9.78 Å². The molecule has 10 heteroatoms. The molecular weight excluding hydrogens is 282 g/mol. The van der Waals surface area contributed by atoms with Gasteiger partial charge < -0.3 is 10.4 Å². The number of carbonyl (C=O) groups is 1. The van der Waals surface area contributed by atoms with Gasteiger partial charge in [-0.1, -0.05) is 0 Å². The third-order valence-electron chi connectivity index (χ3n) is 2.49. The molecule has 9 nitrogen and oxygen atoms in total. The summed E-state index contributed by atoms with van der Waals surface area (Å²) >= 11 is 1.33. The van der Waals surface area contributed by atoms with E-state index in [1.165, 1.54) is 21.3 Å². The second-order valence-electron chi connectivity index (χ2n) is 3.85. The van der Waals surface area contributed by atoms with Crippen molar-refractivity contribution >= 4 is 28.8 Å². The number of hydrogen-bond donors (Lipinski definition) is 2. The highest BCUT2D eigenvalue weighted by atomic mass is 32.1. The molecule has 20 heavy (non-hydrogen) atoms. The number of aromatic nitrogens is 6. The van der Waals surface area contributed by atoms with Crippen LogP contribution in [0.5, 0.6) is 0 Å². The number of carboxylic acid groups (broad SMARTS) is 1. The first kappa shape index (κ1) is 12.4. The molecule has 3 rings (SSSR count). The minimum atomic E-state index is -1.01. The smallest absolute Gasteiger partial charge is 0.355 e. The topological polar surface area (TPSA) is 118 Å². The van der Waals surface area contributed by atoms with Crippen molar-refractivity contribution in [3.63, 3.8) is 0 Å². The van der Waals surface area contributed by atoms with E-state index in [1.54, 1.807) is 12.1 Å². The molecule has 0 aliphatic carbocycles. The average Bonchev–Trinajstić information content (AvgIpc) is 3.06. The number of thiazole rings is 1. The van der Waals surface area contributed by atoms with E-state index in [0.29, 0.717) is 24.4 Å². The predicted molar refractivity (Wildman–Crippen MR) is 69.8 cm³/mol. The van der Waals surface area contributed by atoms with Crippen molar-refractivity contribution < 1.29 is 9.90 Å². The Labute approximate surface area is 116 Å². The van der Waals surface area contributed by atoms with Crippen LogP contribution in [-0.2, 0) is 6.42 Å². The van der Waals surface area contributed by atoms with E-state index >= 15 is 0 Å². The lowest BCUT2D eigenvalue weighted by molar-refractivity contribution is 0.0691. The summed E-state index contributed by atoms with van der Waals surface area (Å²) in [4.78, 5) is 14.7. The minimum absolute atomic E-state index is 0.0817. The van der Waals surface area contributed by atoms with Crippen LogP contribution < -0.4 is 5.32 Å². The van der Waals surface area contributed by atoms with Gasteiger partial charge in [0, 0.05) is 18.3 Å². The van der Waals surface area contributed by atoms with Crippen LogP contribution in [0.25, 0.3) is 5.65 Å². The molecule has 0 aromatic carbocycles. The highest BCUT2D eigenvalue weighted by Gasteiger charge is 2.08. The average molecular weight is 291 g/mol. The highest BCUT2D eigenvalue weighted by molar-refractivity contribution is 7.09. The summed E-state index contributed by atoms with van der Waals surface area (Å²) in [6.07, 6.45) is 0.618. The molecule has 0 saturated carbocycles. The van der Waals surface area contributed by atoms with Gasteiger partial charge in [0.2, 0.25) is 0 Å². The van der Waals surface area contributed by atoms with E-state index in [4.69, 9.17) is 5.11 Å². The van der Waals surface area contributed by atoms with Crippen LogP contribution in [0.4, 0.5) is 5.82 Å². The van der Waals surface area contributed by atoms with Crippen LogP contribution in [0.3, 0.4) is 0 Å². The lowest BCUT2D eigenvalue weighted by Gasteiger charge is -2.03. The van der Waals surface area contributed by atoms with E-state index in [0.717, 1.165) is 5.01 Å². The van der Waals surface area contributed by atoms with Crippen LogP contribution in [0.15, 0.2) is 17.5 Å². The first-order valence-corrected chi connectivity index (χ1v) is 6.57. The van der Waals surface area contributed by atoms with Crippen molar-refractivity contribution in [2.45, 2.75) is 6.42 Å². The maximum atomic E-state index is 10.7. The molecule has 0 unspecified atom stereocenters. The van der Waals surface area contributed by atoms with Crippen LogP contribution in [0.2, 0.25) is 0 Å². The minimum Gasteiger partial charge on any atom is -0.476 e. The second-order valence-corrected chi connectivity index (χ2v) is 4.80. The first-order valence-electron chi connectivity index (χ1n) is 5.69. The number of fused-ring (bicyclic) bond motifs is 1. The summed E-state index contributed by atoms with van der Waals surface area (Å²) in [5.41, 5.74) is 0.653. The largest absolute Gasteiger partial charge is 0.476 e. The third kappa shape index (κ3) is 2.54. The number of aromatic carboxylic acids is 1. The van der Waals surface area contributed by atoms with Crippen molar-refractivity contribution in [3.05, 3.63) is 28.2 Å². The van der Waals surface area contributed by atoms with Gasteiger partial charge in [-0.3, -0.25) is 0 Å². The Morgan fingerprint density at radius 2 is 2.35 bits per heavy atom. The second kappa shape index (κ2) is 5.17. The number of hydrogen-bond acceptors (Lipinski definition) is 8. The number of nitrogens with zero attached hydrogens (tertiary/aromatic N) is 6. The molecule has 3 heterocycles. The lowest BCUT2D eigenvalue weighted by Crippen LogP contribution is -2.08. The van der Waals surface area contributed by atoms with Gasteiger partial charge in [-0.2, -0.15) is 0 Å². The number of carboxylic acids is 1. The number of rotatable bonds is 5. The molecule has 0 radical (unpaired) electrons. The van der Waals surface area contributed by atoms with Crippen molar-refractivity contribution in [3.8, 4) is 0 Å². The maximum absolute atomic E-state index is 10.7. The van der Waals surface area contributed by atoms with Crippen molar-refractivity contribution in [1.82, 2.24) is 30.2 Å². The predicted octanol–water partition coefficient (Wildman–Crippen LogP) is 0.329. The molecule has 0 saturated heterocycles. The van der Waals surface area contributed by atoms with Crippen molar-refractivity contribution in [2.75, 3.05) is 11.9 Å². The third-order valence-corrected chi connectivity index (χ3v) is 3.39. The summed E-state index contributed by atoms with van der Waals surface area (Å²) < 4.78 is 1.33. The van der Waals surface area contributed by atoms with Gasteiger partial charge in [-0.15, -0.1) is 26.2 Å². The quantitative estimate of drug-likeness (QED) is 0.690. The SMILES string of the molecule is O=C(O)c1csc(CCNc2ccc3nnnn3n2)n1. The van der Waals surface area contributed by atoms with Gasteiger partial charge >= 0.3 is 5.97 Å². The monoisotopic (exact) mass is 291 g/mol. The zero-order valence-electron chi connectivity index (χ0n) is 10.1. The van der Waals surface area contributed by atoms with E-state index in [-0.39, 0.29) is 5.69 Å². The molecule has 3 aromatic heterocycles. The molecule has 2 N–H and O–H groups in total. The van der Waals surface area contributed by atoms with Crippen LogP contribution in [0, 0.1) is 0 Å². The zero-order chi connectivity index (χ0) is 13.9. The van der Waals surface area contributed by atoms with Gasteiger partial charge in [0.05, 0.1) is 5.01 Å². The Bertz CT molecular complexity index is 753. The van der Waals surface area contributed by atoms with Gasteiger partial charge in [0.25, 0.3) is 0 Å². The summed E-state index contributed by atoms with van der Waals surface area (Å²) in [6, 6.07) is 3.53. The number of anilines is 1. The molecule has 0 atom stereocenters.